The summed E-state index contributed by atoms with van der Waals surface area (Å²) in [5.74, 6) is 0.746. The van der Waals surface area contributed by atoms with E-state index in [4.69, 9.17) is 10.5 Å². The van der Waals surface area contributed by atoms with Crippen LogP contribution in [0.5, 0.6) is 0 Å². The number of carbonyl (C=O) groups is 1. The van der Waals surface area contributed by atoms with Crippen LogP contribution in [0.4, 0.5) is 0 Å². The Balaban J connectivity index is 2.35. The highest BCUT2D eigenvalue weighted by Gasteiger charge is 2.32. The molecule has 1 rings (SSSR count). The zero-order chi connectivity index (χ0) is 13.6. The summed E-state index contributed by atoms with van der Waals surface area (Å²) in [6, 6.07) is 0. The van der Waals surface area contributed by atoms with E-state index in [-0.39, 0.29) is 5.91 Å². The van der Waals surface area contributed by atoms with Gasteiger partial charge in [0.2, 0.25) is 5.91 Å². The maximum Gasteiger partial charge on any atom is 0.237 e. The topological polar surface area (TPSA) is 64.3 Å². The van der Waals surface area contributed by atoms with E-state index in [1.807, 2.05) is 25.6 Å². The molecule has 3 N–H and O–H groups in total. The second-order valence-electron chi connectivity index (χ2n) is 5.21. The van der Waals surface area contributed by atoms with Gasteiger partial charge in [-0.15, -0.1) is 0 Å². The number of amides is 1. The summed E-state index contributed by atoms with van der Waals surface area (Å²) in [5.41, 5.74) is 4.89. The lowest BCUT2D eigenvalue weighted by molar-refractivity contribution is -0.124. The summed E-state index contributed by atoms with van der Waals surface area (Å²) < 4.78 is 5.60. The van der Waals surface area contributed by atoms with Gasteiger partial charge in [-0.3, -0.25) is 4.79 Å². The van der Waals surface area contributed by atoms with Gasteiger partial charge in [0.15, 0.2) is 0 Å². The van der Waals surface area contributed by atoms with E-state index in [1.54, 1.807) is 0 Å². The smallest absolute Gasteiger partial charge is 0.237 e. The van der Waals surface area contributed by atoms with Crippen LogP contribution in [0.3, 0.4) is 0 Å². The van der Waals surface area contributed by atoms with Gasteiger partial charge in [-0.1, -0.05) is 13.8 Å². The molecule has 1 aliphatic rings. The normalized spacial score (nSPS) is 24.7. The number of ether oxygens (including phenoxy) is 1. The van der Waals surface area contributed by atoms with Crippen LogP contribution in [0, 0.1) is 0 Å². The average molecular weight is 274 g/mol. The SMILES string of the molecule is CCNC(C)(CC(C)SCC1CCCO1)C(N)=O. The van der Waals surface area contributed by atoms with Gasteiger partial charge in [-0.05, 0) is 32.7 Å². The first kappa shape index (κ1) is 15.8. The van der Waals surface area contributed by atoms with Crippen molar-refractivity contribution >= 4 is 17.7 Å². The Labute approximate surface area is 114 Å². The molecule has 1 heterocycles. The maximum atomic E-state index is 11.5. The van der Waals surface area contributed by atoms with Gasteiger partial charge >= 0.3 is 0 Å². The fraction of sp³-hybridized carbons (Fsp3) is 0.923. The summed E-state index contributed by atoms with van der Waals surface area (Å²) in [6.07, 6.45) is 3.50. The monoisotopic (exact) mass is 274 g/mol. The lowest BCUT2D eigenvalue weighted by Crippen LogP contribution is -2.54. The Morgan fingerprint density at radius 2 is 2.39 bits per heavy atom. The molecule has 0 radical (unpaired) electrons. The fourth-order valence-electron chi connectivity index (χ4n) is 2.33. The van der Waals surface area contributed by atoms with Crippen LogP contribution >= 0.6 is 11.8 Å². The number of nitrogens with two attached hydrogens (primary N) is 1. The molecule has 0 spiro atoms. The lowest BCUT2D eigenvalue weighted by atomic mass is 9.95. The second-order valence-corrected chi connectivity index (χ2v) is 6.68. The Hall–Kier alpha value is -0.260. The van der Waals surface area contributed by atoms with E-state index >= 15 is 0 Å². The number of hydrogen-bond donors (Lipinski definition) is 2. The predicted octanol–water partition coefficient (Wildman–Crippen LogP) is 1.53. The highest BCUT2D eigenvalue weighted by Crippen LogP contribution is 2.25. The van der Waals surface area contributed by atoms with E-state index in [9.17, 15) is 4.79 Å². The number of primary amides is 1. The third-order valence-electron chi connectivity index (χ3n) is 3.40. The van der Waals surface area contributed by atoms with Crippen molar-refractivity contribution < 1.29 is 9.53 Å². The molecule has 106 valence electrons. The van der Waals surface area contributed by atoms with Crippen LogP contribution in [-0.4, -0.2) is 41.7 Å². The number of likely N-dealkylation sites (N-methyl/N-ethyl adjacent to an activating group) is 1. The molecule has 3 unspecified atom stereocenters. The lowest BCUT2D eigenvalue weighted by Gasteiger charge is -2.30. The van der Waals surface area contributed by atoms with Crippen molar-refractivity contribution in [1.29, 1.82) is 0 Å². The van der Waals surface area contributed by atoms with Crippen molar-refractivity contribution in [2.75, 3.05) is 18.9 Å². The highest BCUT2D eigenvalue weighted by atomic mass is 32.2. The van der Waals surface area contributed by atoms with Crippen molar-refractivity contribution in [2.45, 2.75) is 56.9 Å². The minimum Gasteiger partial charge on any atom is -0.377 e. The van der Waals surface area contributed by atoms with Gasteiger partial charge in [0, 0.05) is 17.6 Å². The average Bonchev–Trinajstić information content (AvgIpc) is 2.79. The molecule has 0 aromatic heterocycles. The van der Waals surface area contributed by atoms with Gasteiger partial charge in [-0.25, -0.2) is 0 Å². The van der Waals surface area contributed by atoms with Crippen molar-refractivity contribution in [3.63, 3.8) is 0 Å². The predicted molar refractivity (Wildman–Crippen MR) is 76.8 cm³/mol. The Morgan fingerprint density at radius 1 is 1.67 bits per heavy atom. The maximum absolute atomic E-state index is 11.5. The molecule has 0 aromatic rings. The Kier molecular flexibility index (Phi) is 6.46. The summed E-state index contributed by atoms with van der Waals surface area (Å²) in [4.78, 5) is 11.5. The van der Waals surface area contributed by atoms with Gasteiger partial charge in [0.1, 0.15) is 0 Å². The molecule has 1 saturated heterocycles. The summed E-state index contributed by atoms with van der Waals surface area (Å²) in [7, 11) is 0. The standard InChI is InChI=1S/C13H26N2O2S/c1-4-15-13(3,12(14)16)8-10(2)18-9-11-6-5-7-17-11/h10-11,15H,4-9H2,1-3H3,(H2,14,16). The van der Waals surface area contributed by atoms with Crippen molar-refractivity contribution in [3.05, 3.63) is 0 Å². The minimum atomic E-state index is -0.600. The van der Waals surface area contributed by atoms with E-state index in [1.165, 1.54) is 12.8 Å². The first-order chi connectivity index (χ1) is 8.48. The Bertz CT molecular complexity index is 270. The van der Waals surface area contributed by atoms with Crippen LogP contribution in [0.1, 0.15) is 40.0 Å². The van der Waals surface area contributed by atoms with Gasteiger partial charge in [0.05, 0.1) is 11.6 Å². The second kappa shape index (κ2) is 7.36. The van der Waals surface area contributed by atoms with Crippen LogP contribution in [0.15, 0.2) is 0 Å². The number of thioether (sulfide) groups is 1. The Morgan fingerprint density at radius 3 is 2.89 bits per heavy atom. The van der Waals surface area contributed by atoms with E-state index in [0.29, 0.717) is 11.4 Å². The third-order valence-corrected chi connectivity index (χ3v) is 4.70. The van der Waals surface area contributed by atoms with E-state index in [2.05, 4.69) is 12.2 Å². The van der Waals surface area contributed by atoms with E-state index in [0.717, 1.165) is 25.3 Å². The molecule has 0 bridgehead atoms. The zero-order valence-corrected chi connectivity index (χ0v) is 12.5. The number of carbonyl (C=O) groups excluding carboxylic acids is 1. The summed E-state index contributed by atoms with van der Waals surface area (Å²) >= 11 is 1.87. The quantitative estimate of drug-likeness (QED) is 0.704. The van der Waals surface area contributed by atoms with Crippen LogP contribution < -0.4 is 11.1 Å². The molecular weight excluding hydrogens is 248 g/mol. The summed E-state index contributed by atoms with van der Waals surface area (Å²) in [6.45, 7) is 7.68. The van der Waals surface area contributed by atoms with E-state index < -0.39 is 5.54 Å². The highest BCUT2D eigenvalue weighted by molar-refractivity contribution is 7.99. The number of nitrogens with one attached hydrogen (secondary N) is 1. The molecule has 18 heavy (non-hydrogen) atoms. The van der Waals surface area contributed by atoms with Crippen molar-refractivity contribution in [1.82, 2.24) is 5.32 Å². The van der Waals surface area contributed by atoms with Crippen LogP contribution in [0.2, 0.25) is 0 Å². The van der Waals surface area contributed by atoms with Gasteiger partial charge in [0.25, 0.3) is 0 Å². The molecule has 5 heteroatoms. The molecule has 1 fully saturated rings. The minimum absolute atomic E-state index is 0.270. The molecule has 0 aliphatic carbocycles. The molecule has 1 amide bonds. The summed E-state index contributed by atoms with van der Waals surface area (Å²) in [5, 5.41) is 3.59. The van der Waals surface area contributed by atoms with Crippen LogP contribution in [-0.2, 0) is 9.53 Å². The molecule has 3 atom stereocenters. The molecule has 0 saturated carbocycles. The van der Waals surface area contributed by atoms with Crippen molar-refractivity contribution in [3.8, 4) is 0 Å². The molecule has 4 nitrogen and oxygen atoms in total. The molecular formula is C13H26N2O2S. The number of rotatable bonds is 8. The largest absolute Gasteiger partial charge is 0.377 e. The zero-order valence-electron chi connectivity index (χ0n) is 11.7. The molecule has 1 aliphatic heterocycles. The molecule has 0 aromatic carbocycles. The van der Waals surface area contributed by atoms with Gasteiger partial charge < -0.3 is 15.8 Å². The van der Waals surface area contributed by atoms with Crippen LogP contribution in [0.25, 0.3) is 0 Å². The first-order valence-corrected chi connectivity index (χ1v) is 7.81. The van der Waals surface area contributed by atoms with Crippen molar-refractivity contribution in [2.24, 2.45) is 5.73 Å². The third kappa shape index (κ3) is 4.78. The number of hydrogen-bond acceptors (Lipinski definition) is 4. The fourth-order valence-corrected chi connectivity index (χ4v) is 3.59. The van der Waals surface area contributed by atoms with Gasteiger partial charge in [-0.2, -0.15) is 11.8 Å². The first-order valence-electron chi connectivity index (χ1n) is 6.76.